The Labute approximate surface area is 235 Å². The molecular weight excluding hydrogens is 536 g/mol. The van der Waals surface area contributed by atoms with E-state index in [1.54, 1.807) is 42.1 Å². The van der Waals surface area contributed by atoms with Crippen LogP contribution in [0.3, 0.4) is 0 Å². The Hall–Kier alpha value is -3.29. The molecule has 3 heterocycles. The molecule has 0 bridgehead atoms. The van der Waals surface area contributed by atoms with Crippen LogP contribution in [0.1, 0.15) is 69.8 Å². The van der Waals surface area contributed by atoms with Crippen LogP contribution in [0.4, 0.5) is 5.95 Å². The lowest BCUT2D eigenvalue weighted by Crippen LogP contribution is -2.34. The Morgan fingerprint density at radius 1 is 1.15 bits per heavy atom. The first kappa shape index (κ1) is 29.7. The maximum atomic E-state index is 13.9. The number of sulfonamides is 1. The molecule has 0 unspecified atom stereocenters. The molecule has 13 heteroatoms. The van der Waals surface area contributed by atoms with Crippen molar-refractivity contribution in [2.24, 2.45) is 0 Å². The topological polar surface area (TPSA) is 140 Å². The lowest BCUT2D eigenvalue weighted by atomic mass is 9.97. The molecule has 12 nitrogen and oxygen atoms in total. The van der Waals surface area contributed by atoms with Gasteiger partial charge in [-0.15, -0.1) is 10.2 Å². The molecule has 4 rings (SSSR count). The fraction of sp³-hybridized carbons (Fsp3) is 0.556. The van der Waals surface area contributed by atoms with Crippen molar-refractivity contribution in [2.75, 3.05) is 32.2 Å². The van der Waals surface area contributed by atoms with E-state index in [4.69, 9.17) is 18.9 Å². The van der Waals surface area contributed by atoms with Crippen molar-refractivity contribution in [3.05, 3.63) is 47.8 Å². The van der Waals surface area contributed by atoms with Crippen molar-refractivity contribution in [3.8, 4) is 17.2 Å². The molecule has 0 saturated carbocycles. The van der Waals surface area contributed by atoms with Gasteiger partial charge in [0.1, 0.15) is 34.4 Å². The van der Waals surface area contributed by atoms with E-state index >= 15 is 0 Å². The van der Waals surface area contributed by atoms with Crippen molar-refractivity contribution in [2.45, 2.75) is 70.3 Å². The number of ether oxygens (including phenoxy) is 4. The molecule has 3 aromatic rings. The molecule has 2 aromatic heterocycles. The molecule has 1 fully saturated rings. The van der Waals surface area contributed by atoms with E-state index in [-0.39, 0.29) is 23.3 Å². The Bertz CT molecular complexity index is 1390. The number of benzene rings is 1. The van der Waals surface area contributed by atoms with Crippen LogP contribution >= 0.6 is 0 Å². The monoisotopic (exact) mass is 574 g/mol. The summed E-state index contributed by atoms with van der Waals surface area (Å²) in [7, 11) is -1.03. The van der Waals surface area contributed by atoms with Gasteiger partial charge in [0.05, 0.1) is 26.4 Å². The Balaban J connectivity index is 1.79. The van der Waals surface area contributed by atoms with Crippen LogP contribution in [0.25, 0.3) is 5.69 Å². The van der Waals surface area contributed by atoms with Crippen LogP contribution in [0.5, 0.6) is 11.5 Å². The summed E-state index contributed by atoms with van der Waals surface area (Å²) >= 11 is 0. The Morgan fingerprint density at radius 3 is 2.35 bits per heavy atom. The van der Waals surface area contributed by atoms with Gasteiger partial charge in [0.2, 0.25) is 16.0 Å². The van der Waals surface area contributed by atoms with E-state index in [0.29, 0.717) is 49.1 Å². The number of nitrogens with zero attached hydrogens (tertiary/aromatic N) is 5. The third-order valence-corrected chi connectivity index (χ3v) is 8.49. The minimum atomic E-state index is -4.10. The molecule has 1 saturated heterocycles. The highest BCUT2D eigenvalue weighted by Gasteiger charge is 2.39. The molecule has 0 amide bonds. The first-order chi connectivity index (χ1) is 19.0. The first-order valence-electron chi connectivity index (χ1n) is 13.2. The molecule has 40 heavy (non-hydrogen) atoms. The fourth-order valence-electron chi connectivity index (χ4n) is 4.70. The van der Waals surface area contributed by atoms with Gasteiger partial charge >= 0.3 is 0 Å². The maximum Gasteiger partial charge on any atom is 0.243 e. The van der Waals surface area contributed by atoms with E-state index < -0.39 is 21.4 Å². The van der Waals surface area contributed by atoms with Gasteiger partial charge in [-0.3, -0.25) is 9.29 Å². The number of para-hydroxylation sites is 1. The molecule has 0 spiro atoms. The molecule has 3 atom stereocenters. The number of aryl methyl sites for hydroxylation is 1. The summed E-state index contributed by atoms with van der Waals surface area (Å²) in [4.78, 5) is 8.69. The molecule has 0 radical (unpaired) electrons. The number of hydrogen-bond acceptors (Lipinski definition) is 10. The molecule has 1 aromatic carbocycles. The number of nitrogens with one attached hydrogen (secondary N) is 1. The highest BCUT2D eigenvalue weighted by molar-refractivity contribution is 7.93. The molecule has 0 aliphatic carbocycles. The van der Waals surface area contributed by atoms with Gasteiger partial charge < -0.3 is 18.9 Å². The minimum absolute atomic E-state index is 0.00609. The standard InChI is InChI=1S/C27H38N6O6S/c1-8-12-38-23(24-28-14-17(2)15-29-24)18(3)40(34,35)32-26-31-30-25(19-13-27(4,5)39-16-19)33(26)22-20(36-6)10-9-11-21(22)37-7/h9-11,14-15,18-19,23H,8,12-13,16H2,1-7H3,(H,31,32)/t18-,19-,23+/m0/s1. The zero-order valence-corrected chi connectivity index (χ0v) is 24.9. The Kier molecular flexibility index (Phi) is 8.96. The van der Waals surface area contributed by atoms with Gasteiger partial charge in [0.25, 0.3) is 0 Å². The predicted octanol–water partition coefficient (Wildman–Crippen LogP) is 3.96. The summed E-state index contributed by atoms with van der Waals surface area (Å²) in [6.07, 6.45) is 3.74. The van der Waals surface area contributed by atoms with E-state index in [2.05, 4.69) is 24.9 Å². The van der Waals surface area contributed by atoms with Crippen LogP contribution in [0.15, 0.2) is 30.6 Å². The van der Waals surface area contributed by atoms with Crippen molar-refractivity contribution in [1.29, 1.82) is 0 Å². The normalized spacial score (nSPS) is 18.3. The largest absolute Gasteiger partial charge is 0.494 e. The van der Waals surface area contributed by atoms with E-state index in [1.807, 2.05) is 27.7 Å². The lowest BCUT2D eigenvalue weighted by molar-refractivity contribution is 0.0360. The molecule has 1 aliphatic heterocycles. The van der Waals surface area contributed by atoms with Crippen molar-refractivity contribution in [3.63, 3.8) is 0 Å². The number of rotatable bonds is 12. The van der Waals surface area contributed by atoms with Gasteiger partial charge in [0, 0.05) is 24.9 Å². The zero-order valence-electron chi connectivity index (χ0n) is 24.0. The highest BCUT2D eigenvalue weighted by Crippen LogP contribution is 2.41. The molecule has 1 N–H and O–H groups in total. The average Bonchev–Trinajstić information content (AvgIpc) is 3.50. The number of anilines is 1. The number of methoxy groups -OCH3 is 2. The summed E-state index contributed by atoms with van der Waals surface area (Å²) in [5.74, 6) is 1.59. The van der Waals surface area contributed by atoms with E-state index in [0.717, 1.165) is 5.56 Å². The van der Waals surface area contributed by atoms with Crippen LogP contribution in [0, 0.1) is 6.92 Å². The van der Waals surface area contributed by atoms with Crippen LogP contribution in [0.2, 0.25) is 0 Å². The van der Waals surface area contributed by atoms with Crippen LogP contribution in [-0.4, -0.2) is 71.4 Å². The van der Waals surface area contributed by atoms with Crippen molar-refractivity contribution in [1.82, 2.24) is 24.7 Å². The SMILES string of the molecule is CCCO[C@@H](c1ncc(C)cn1)[C@H](C)S(=O)(=O)Nc1nnc([C@@H]2COC(C)(C)C2)n1-c1c(OC)cccc1OC. The second kappa shape index (κ2) is 12.1. The number of aromatic nitrogens is 5. The third-order valence-electron chi connectivity index (χ3n) is 6.80. The quantitative estimate of drug-likeness (QED) is 0.338. The lowest BCUT2D eigenvalue weighted by Gasteiger charge is -2.24. The second-order valence-electron chi connectivity index (χ2n) is 10.5. The van der Waals surface area contributed by atoms with Gasteiger partial charge in [-0.05, 0) is 58.2 Å². The summed E-state index contributed by atoms with van der Waals surface area (Å²) in [5, 5.41) is 7.66. The maximum absolute atomic E-state index is 13.9. The van der Waals surface area contributed by atoms with E-state index in [1.165, 1.54) is 14.2 Å². The van der Waals surface area contributed by atoms with Crippen LogP contribution < -0.4 is 14.2 Å². The fourth-order valence-corrected chi connectivity index (χ4v) is 5.80. The van der Waals surface area contributed by atoms with Gasteiger partial charge in [0.15, 0.2) is 5.82 Å². The highest BCUT2D eigenvalue weighted by atomic mass is 32.2. The Morgan fingerprint density at radius 2 is 1.80 bits per heavy atom. The van der Waals surface area contributed by atoms with Gasteiger partial charge in [-0.25, -0.2) is 18.4 Å². The average molecular weight is 575 g/mol. The second-order valence-corrected chi connectivity index (χ2v) is 12.5. The van der Waals surface area contributed by atoms with E-state index in [9.17, 15) is 8.42 Å². The summed E-state index contributed by atoms with van der Waals surface area (Å²) < 4.78 is 55.2. The zero-order chi connectivity index (χ0) is 29.1. The molecule has 1 aliphatic rings. The first-order valence-corrected chi connectivity index (χ1v) is 14.8. The summed E-state index contributed by atoms with van der Waals surface area (Å²) in [6, 6.07) is 5.32. The summed E-state index contributed by atoms with van der Waals surface area (Å²) in [6.45, 7) is 10.1. The molecular formula is C27H38N6O6S. The number of hydrogen-bond donors (Lipinski definition) is 1. The van der Waals surface area contributed by atoms with Crippen molar-refractivity contribution < 1.29 is 27.4 Å². The molecule has 218 valence electrons. The summed E-state index contributed by atoms with van der Waals surface area (Å²) in [5.41, 5.74) is 0.971. The van der Waals surface area contributed by atoms with Gasteiger partial charge in [-0.2, -0.15) is 0 Å². The third kappa shape index (κ3) is 6.21. The van der Waals surface area contributed by atoms with Gasteiger partial charge in [-0.1, -0.05) is 13.0 Å². The smallest absolute Gasteiger partial charge is 0.243 e. The van der Waals surface area contributed by atoms with Crippen LogP contribution in [-0.2, 0) is 19.5 Å². The van der Waals surface area contributed by atoms with Crippen molar-refractivity contribution >= 4 is 16.0 Å². The minimum Gasteiger partial charge on any atom is -0.494 e. The predicted molar refractivity (Wildman–Crippen MR) is 150 cm³/mol.